The van der Waals surface area contributed by atoms with E-state index in [0.717, 1.165) is 41.0 Å². The molecule has 1 saturated carbocycles. The molecule has 0 aliphatic heterocycles. The van der Waals surface area contributed by atoms with Crippen molar-refractivity contribution in [1.82, 2.24) is 14.8 Å². The largest absolute Gasteiger partial charge is 0.612 e. The summed E-state index contributed by atoms with van der Waals surface area (Å²) >= 11 is -1.62. The summed E-state index contributed by atoms with van der Waals surface area (Å²) in [4.78, 5) is 16.0. The van der Waals surface area contributed by atoms with Crippen LogP contribution in [-0.2, 0) is 28.1 Å². The number of hydrogen-bond acceptors (Lipinski definition) is 6. The van der Waals surface area contributed by atoms with E-state index in [4.69, 9.17) is 5.10 Å². The number of benzene rings is 3. The van der Waals surface area contributed by atoms with Crippen LogP contribution in [0, 0.1) is 17.6 Å². The van der Waals surface area contributed by atoms with Gasteiger partial charge in [-0.1, -0.05) is 24.3 Å². The Morgan fingerprint density at radius 3 is 2.59 bits per heavy atom. The van der Waals surface area contributed by atoms with E-state index in [1.165, 1.54) is 35.7 Å². The number of hydrogen-bond donors (Lipinski definition) is 1. The molecule has 208 valence electrons. The van der Waals surface area contributed by atoms with Crippen LogP contribution in [0.1, 0.15) is 40.2 Å². The fourth-order valence-corrected chi connectivity index (χ4v) is 6.11. The van der Waals surface area contributed by atoms with Gasteiger partial charge in [-0.05, 0) is 78.8 Å². The summed E-state index contributed by atoms with van der Waals surface area (Å²) in [5.41, 5.74) is 3.99. The van der Waals surface area contributed by atoms with E-state index in [0.29, 0.717) is 40.7 Å². The predicted octanol–water partition coefficient (Wildman–Crippen LogP) is 6.37. The van der Waals surface area contributed by atoms with Crippen LogP contribution >= 0.6 is 11.3 Å². The Kier molecular flexibility index (Phi) is 7.33. The minimum atomic E-state index is -2.78. The topological polar surface area (TPSA) is 108 Å². The standard InChI is InChI=1S/C30H23F2N3O4S2/c31-21-5-2-4-19(14-21)23-15-20(9-10-25(23)32)28-24(12-18-3-1-6-22(11-18)41(38)39)27(13-17-7-8-17)35(34-28)30-33-26(16-40-30)29(36)37/h1-6,9-11,14-17,41H,7-8,12-13H2,(H-,36,37,38,39). The Bertz CT molecular complexity index is 1810. The second kappa shape index (κ2) is 11.1. The minimum Gasteiger partial charge on any atom is -0.612 e. The quantitative estimate of drug-likeness (QED) is 0.158. The van der Waals surface area contributed by atoms with Gasteiger partial charge in [-0.25, -0.2) is 23.2 Å². The molecule has 0 radical (unpaired) electrons. The summed E-state index contributed by atoms with van der Waals surface area (Å²) in [6.45, 7) is 0. The number of carboxylic acid groups (broad SMARTS) is 1. The van der Waals surface area contributed by atoms with Crippen LogP contribution in [0.15, 0.2) is 77.0 Å². The molecule has 0 saturated heterocycles. The second-order valence-electron chi connectivity index (χ2n) is 9.96. The smallest absolute Gasteiger partial charge is 0.355 e. The molecule has 3 aromatic carbocycles. The lowest BCUT2D eigenvalue weighted by atomic mass is 9.95. The third kappa shape index (κ3) is 5.74. The SMILES string of the molecule is O=C(O)c1csc(-n2nc(-c3ccc(F)c(-c4cccc(F)c4)c3)c(Cc3cccc([SH+](=O)[O-])c3)c2CC2CC2)n1. The molecule has 1 aliphatic rings. The van der Waals surface area contributed by atoms with Crippen LogP contribution in [0.4, 0.5) is 8.78 Å². The molecule has 1 atom stereocenters. The van der Waals surface area contributed by atoms with Crippen molar-refractivity contribution < 1.29 is 27.4 Å². The molecule has 6 rings (SSSR count). The van der Waals surface area contributed by atoms with Crippen LogP contribution < -0.4 is 0 Å². The van der Waals surface area contributed by atoms with E-state index in [9.17, 15) is 23.1 Å². The molecular weight excluding hydrogens is 568 g/mol. The number of carbonyl (C=O) groups is 1. The van der Waals surface area contributed by atoms with E-state index in [1.54, 1.807) is 35.0 Å². The molecule has 1 fully saturated rings. The monoisotopic (exact) mass is 591 g/mol. The first-order valence-electron chi connectivity index (χ1n) is 12.9. The van der Waals surface area contributed by atoms with Gasteiger partial charge in [0.05, 0.1) is 22.5 Å². The molecule has 11 heteroatoms. The van der Waals surface area contributed by atoms with Gasteiger partial charge in [0, 0.05) is 28.5 Å². The van der Waals surface area contributed by atoms with Crippen molar-refractivity contribution in [3.05, 3.63) is 106 Å². The first-order valence-corrected chi connectivity index (χ1v) is 14.9. The van der Waals surface area contributed by atoms with E-state index < -0.39 is 28.7 Å². The molecule has 1 aliphatic carbocycles. The maximum absolute atomic E-state index is 15.0. The zero-order chi connectivity index (χ0) is 28.7. The van der Waals surface area contributed by atoms with Gasteiger partial charge in [0.25, 0.3) is 0 Å². The summed E-state index contributed by atoms with van der Waals surface area (Å²) < 4.78 is 54.1. The Morgan fingerprint density at radius 2 is 1.88 bits per heavy atom. The lowest BCUT2D eigenvalue weighted by Crippen LogP contribution is -2.06. The second-order valence-corrected chi connectivity index (χ2v) is 11.8. The zero-order valence-corrected chi connectivity index (χ0v) is 23.2. The Hall–Kier alpha value is -4.06. The van der Waals surface area contributed by atoms with Crippen molar-refractivity contribution in [3.8, 4) is 27.5 Å². The summed E-state index contributed by atoms with van der Waals surface area (Å²) in [5, 5.41) is 16.2. The number of halogens is 2. The Balaban J connectivity index is 1.55. The first kappa shape index (κ1) is 27.1. The van der Waals surface area contributed by atoms with Gasteiger partial charge in [-0.3, -0.25) is 0 Å². The molecule has 7 nitrogen and oxygen atoms in total. The summed E-state index contributed by atoms with van der Waals surface area (Å²) in [6.07, 6.45) is 3.09. The van der Waals surface area contributed by atoms with Crippen LogP contribution in [0.5, 0.6) is 0 Å². The van der Waals surface area contributed by atoms with Gasteiger partial charge in [0.15, 0.2) is 10.6 Å². The molecule has 2 aromatic heterocycles. The molecule has 5 aromatic rings. The number of nitrogens with zero attached hydrogens (tertiary/aromatic N) is 3. The molecule has 1 N–H and O–H groups in total. The van der Waals surface area contributed by atoms with Crippen molar-refractivity contribution >= 4 is 28.4 Å². The van der Waals surface area contributed by atoms with Gasteiger partial charge < -0.3 is 9.66 Å². The van der Waals surface area contributed by atoms with Crippen molar-refractivity contribution in [3.63, 3.8) is 0 Å². The van der Waals surface area contributed by atoms with E-state index in [-0.39, 0.29) is 16.2 Å². The molecule has 41 heavy (non-hydrogen) atoms. The van der Waals surface area contributed by atoms with E-state index >= 15 is 4.39 Å². The Labute approximate surface area is 240 Å². The van der Waals surface area contributed by atoms with Crippen LogP contribution in [0.3, 0.4) is 0 Å². The number of carboxylic acids is 1. The first-order chi connectivity index (χ1) is 19.8. The fourth-order valence-electron chi connectivity index (χ4n) is 4.86. The lowest BCUT2D eigenvalue weighted by molar-refractivity contribution is 0.0691. The highest BCUT2D eigenvalue weighted by Gasteiger charge is 2.29. The van der Waals surface area contributed by atoms with Gasteiger partial charge >= 0.3 is 5.97 Å². The number of aromatic nitrogens is 3. The van der Waals surface area contributed by atoms with Gasteiger partial charge in [-0.2, -0.15) is 5.10 Å². The van der Waals surface area contributed by atoms with Crippen LogP contribution in [0.25, 0.3) is 27.5 Å². The fraction of sp³-hybridized carbons (Fsp3) is 0.167. The number of thiazole rings is 1. The summed E-state index contributed by atoms with van der Waals surface area (Å²) in [5.74, 6) is -1.73. The lowest BCUT2D eigenvalue weighted by Gasteiger charge is -2.10. The molecule has 0 bridgehead atoms. The summed E-state index contributed by atoms with van der Waals surface area (Å²) in [7, 11) is 0. The third-order valence-electron chi connectivity index (χ3n) is 7.04. The number of aromatic carboxylic acids is 1. The van der Waals surface area contributed by atoms with Crippen LogP contribution in [0.2, 0.25) is 0 Å². The predicted molar refractivity (Wildman–Crippen MR) is 151 cm³/mol. The third-order valence-corrected chi connectivity index (χ3v) is 8.55. The highest BCUT2D eigenvalue weighted by atomic mass is 32.2. The number of rotatable bonds is 9. The molecule has 1 unspecified atom stereocenters. The minimum absolute atomic E-state index is 0.0944. The average Bonchev–Trinajstić information content (AvgIpc) is 3.51. The number of thiol groups is 1. The molecule has 0 spiro atoms. The molecular formula is C30H23F2N3O4S2. The van der Waals surface area contributed by atoms with E-state index in [1.807, 2.05) is 6.07 Å². The average molecular weight is 592 g/mol. The normalized spacial score (nSPS) is 13.8. The van der Waals surface area contributed by atoms with Crippen LogP contribution in [-0.4, -0.2) is 30.4 Å². The van der Waals surface area contributed by atoms with Gasteiger partial charge in [-0.15, -0.1) is 15.5 Å². The van der Waals surface area contributed by atoms with Crippen molar-refractivity contribution in [2.45, 2.75) is 30.6 Å². The molecule has 2 heterocycles. The summed E-state index contributed by atoms with van der Waals surface area (Å²) in [6, 6.07) is 16.9. The van der Waals surface area contributed by atoms with Crippen molar-refractivity contribution in [2.75, 3.05) is 0 Å². The zero-order valence-electron chi connectivity index (χ0n) is 21.5. The highest BCUT2D eigenvalue weighted by Crippen LogP contribution is 2.39. The molecule has 0 amide bonds. The Morgan fingerprint density at radius 1 is 1.07 bits per heavy atom. The van der Waals surface area contributed by atoms with E-state index in [2.05, 4.69) is 4.98 Å². The van der Waals surface area contributed by atoms with Gasteiger partial charge in [0.1, 0.15) is 11.6 Å². The highest BCUT2D eigenvalue weighted by molar-refractivity contribution is 7.79. The van der Waals surface area contributed by atoms with Gasteiger partial charge in [0.2, 0.25) is 5.13 Å². The maximum atomic E-state index is 15.0. The van der Waals surface area contributed by atoms with Crippen molar-refractivity contribution in [1.29, 1.82) is 0 Å². The van der Waals surface area contributed by atoms with Crippen molar-refractivity contribution in [2.24, 2.45) is 5.92 Å². The maximum Gasteiger partial charge on any atom is 0.355 e.